The first-order chi connectivity index (χ1) is 13.9. The molecule has 9 heteroatoms. The summed E-state index contributed by atoms with van der Waals surface area (Å²) in [5.41, 5.74) is 0.604. The van der Waals surface area contributed by atoms with Crippen LogP contribution >= 0.6 is 11.6 Å². The van der Waals surface area contributed by atoms with Crippen molar-refractivity contribution in [3.05, 3.63) is 47.5 Å². The molecule has 0 fully saturated rings. The van der Waals surface area contributed by atoms with Crippen LogP contribution in [0.25, 0.3) is 0 Å². The molecule has 0 heterocycles. The van der Waals surface area contributed by atoms with Crippen molar-refractivity contribution in [1.29, 1.82) is 0 Å². The van der Waals surface area contributed by atoms with E-state index in [4.69, 9.17) is 21.1 Å². The van der Waals surface area contributed by atoms with Crippen LogP contribution in [0.15, 0.2) is 47.4 Å². The Morgan fingerprint density at radius 2 is 1.79 bits per heavy atom. The number of unbranched alkanes of at least 4 members (excludes halogenated alkanes) is 1. The molecule has 158 valence electrons. The molecule has 2 rings (SSSR count). The molecule has 0 saturated carbocycles. The van der Waals surface area contributed by atoms with E-state index in [2.05, 4.69) is 10.0 Å². The number of nitrogens with one attached hydrogen (secondary N) is 2. The minimum absolute atomic E-state index is 0.0461. The van der Waals surface area contributed by atoms with E-state index in [1.54, 1.807) is 24.3 Å². The SMILES string of the molecule is CCCCNS(=O)(=O)c1ccc(OCC(=O)Nc2ccc(OCC)cc2)c(Cl)c1. The van der Waals surface area contributed by atoms with Gasteiger partial charge < -0.3 is 14.8 Å². The maximum absolute atomic E-state index is 12.2. The Bertz CT molecular complexity index is 917. The summed E-state index contributed by atoms with van der Waals surface area (Å²) in [6, 6.07) is 11.1. The van der Waals surface area contributed by atoms with E-state index < -0.39 is 10.0 Å². The zero-order valence-electron chi connectivity index (χ0n) is 16.4. The Morgan fingerprint density at radius 3 is 2.41 bits per heavy atom. The van der Waals surface area contributed by atoms with Crippen LogP contribution in [0.4, 0.5) is 5.69 Å². The number of sulfonamides is 1. The van der Waals surface area contributed by atoms with Crippen LogP contribution in [0.5, 0.6) is 11.5 Å². The highest BCUT2D eigenvalue weighted by atomic mass is 35.5. The van der Waals surface area contributed by atoms with Gasteiger partial charge in [0, 0.05) is 12.2 Å². The molecule has 0 radical (unpaired) electrons. The number of carbonyl (C=O) groups is 1. The predicted molar refractivity (Wildman–Crippen MR) is 113 cm³/mol. The first-order valence-corrected chi connectivity index (χ1v) is 11.2. The third kappa shape index (κ3) is 7.23. The zero-order chi connectivity index (χ0) is 21.3. The van der Waals surface area contributed by atoms with Crippen LogP contribution in [0, 0.1) is 0 Å². The summed E-state index contributed by atoms with van der Waals surface area (Å²) in [4.78, 5) is 12.1. The molecular formula is C20H25ClN2O5S. The van der Waals surface area contributed by atoms with Crippen molar-refractivity contribution in [2.45, 2.75) is 31.6 Å². The summed E-state index contributed by atoms with van der Waals surface area (Å²) in [5.74, 6) is 0.567. The van der Waals surface area contributed by atoms with Crippen LogP contribution in [-0.4, -0.2) is 34.1 Å². The average molecular weight is 441 g/mol. The highest BCUT2D eigenvalue weighted by molar-refractivity contribution is 7.89. The van der Waals surface area contributed by atoms with Gasteiger partial charge in [-0.25, -0.2) is 13.1 Å². The predicted octanol–water partition coefficient (Wildman–Crippen LogP) is 3.83. The molecule has 0 atom stereocenters. The fraction of sp³-hybridized carbons (Fsp3) is 0.350. The standard InChI is InChI=1S/C20H25ClN2O5S/c1-3-5-12-22-29(25,26)17-10-11-19(18(21)13-17)28-14-20(24)23-15-6-8-16(9-7-15)27-4-2/h6-11,13,22H,3-5,12,14H2,1-2H3,(H,23,24). The second-order valence-electron chi connectivity index (χ2n) is 6.14. The van der Waals surface area contributed by atoms with Gasteiger partial charge in [0.05, 0.1) is 16.5 Å². The number of benzene rings is 2. The monoisotopic (exact) mass is 440 g/mol. The molecule has 0 aliphatic heterocycles. The molecule has 0 aliphatic carbocycles. The van der Waals surface area contributed by atoms with Gasteiger partial charge in [-0.2, -0.15) is 0 Å². The Balaban J connectivity index is 1.92. The van der Waals surface area contributed by atoms with Gasteiger partial charge in [-0.1, -0.05) is 24.9 Å². The quantitative estimate of drug-likeness (QED) is 0.518. The summed E-state index contributed by atoms with van der Waals surface area (Å²) >= 11 is 6.12. The maximum Gasteiger partial charge on any atom is 0.262 e. The Morgan fingerprint density at radius 1 is 1.07 bits per heavy atom. The van der Waals surface area contributed by atoms with E-state index in [0.717, 1.165) is 12.8 Å². The number of amides is 1. The van der Waals surface area contributed by atoms with E-state index in [1.807, 2.05) is 13.8 Å². The number of rotatable bonds is 11. The normalized spacial score (nSPS) is 11.1. The van der Waals surface area contributed by atoms with Gasteiger partial charge in [0.25, 0.3) is 5.91 Å². The van der Waals surface area contributed by atoms with Crippen LogP contribution in [0.1, 0.15) is 26.7 Å². The maximum atomic E-state index is 12.2. The van der Waals surface area contributed by atoms with Crippen LogP contribution in [0.2, 0.25) is 5.02 Å². The lowest BCUT2D eigenvalue weighted by molar-refractivity contribution is -0.118. The zero-order valence-corrected chi connectivity index (χ0v) is 18.0. The van der Waals surface area contributed by atoms with Crippen molar-refractivity contribution >= 4 is 33.2 Å². The fourth-order valence-corrected chi connectivity index (χ4v) is 3.77. The topological polar surface area (TPSA) is 93.7 Å². The van der Waals surface area contributed by atoms with Crippen molar-refractivity contribution in [3.63, 3.8) is 0 Å². The minimum Gasteiger partial charge on any atom is -0.494 e. The second kappa shape index (κ2) is 11.0. The van der Waals surface area contributed by atoms with Crippen molar-refractivity contribution in [2.75, 3.05) is 25.1 Å². The molecular weight excluding hydrogens is 416 g/mol. The Kier molecular flexibility index (Phi) is 8.75. The molecule has 0 aliphatic rings. The van der Waals surface area contributed by atoms with Crippen molar-refractivity contribution < 1.29 is 22.7 Å². The molecule has 2 aromatic rings. The molecule has 2 N–H and O–H groups in total. The lowest BCUT2D eigenvalue weighted by Crippen LogP contribution is -2.24. The van der Waals surface area contributed by atoms with Gasteiger partial charge in [0.2, 0.25) is 10.0 Å². The number of anilines is 1. The summed E-state index contributed by atoms with van der Waals surface area (Å²) in [7, 11) is -3.63. The Hall–Kier alpha value is -2.29. The first-order valence-electron chi connectivity index (χ1n) is 9.30. The number of halogens is 1. The van der Waals surface area contributed by atoms with E-state index >= 15 is 0 Å². The fourth-order valence-electron chi connectivity index (χ4n) is 2.37. The van der Waals surface area contributed by atoms with Crippen LogP contribution < -0.4 is 19.5 Å². The molecule has 0 aromatic heterocycles. The molecule has 0 saturated heterocycles. The van der Waals surface area contributed by atoms with Crippen LogP contribution in [-0.2, 0) is 14.8 Å². The van der Waals surface area contributed by atoms with Crippen molar-refractivity contribution in [1.82, 2.24) is 4.72 Å². The van der Waals surface area contributed by atoms with E-state index in [9.17, 15) is 13.2 Å². The molecule has 2 aromatic carbocycles. The van der Waals surface area contributed by atoms with E-state index in [0.29, 0.717) is 24.6 Å². The molecule has 0 spiro atoms. The largest absolute Gasteiger partial charge is 0.494 e. The number of carbonyl (C=O) groups excluding carboxylic acids is 1. The number of ether oxygens (including phenoxy) is 2. The molecule has 0 unspecified atom stereocenters. The second-order valence-corrected chi connectivity index (χ2v) is 8.31. The van der Waals surface area contributed by atoms with Crippen LogP contribution in [0.3, 0.4) is 0 Å². The number of hydrogen-bond acceptors (Lipinski definition) is 5. The minimum atomic E-state index is -3.63. The van der Waals surface area contributed by atoms with Gasteiger partial charge in [-0.3, -0.25) is 4.79 Å². The lowest BCUT2D eigenvalue weighted by Gasteiger charge is -2.11. The lowest BCUT2D eigenvalue weighted by atomic mass is 10.3. The van der Waals surface area contributed by atoms with Gasteiger partial charge in [-0.15, -0.1) is 0 Å². The van der Waals surface area contributed by atoms with Crippen molar-refractivity contribution in [2.24, 2.45) is 0 Å². The average Bonchev–Trinajstić information content (AvgIpc) is 2.69. The van der Waals surface area contributed by atoms with Crippen molar-refractivity contribution in [3.8, 4) is 11.5 Å². The highest BCUT2D eigenvalue weighted by Gasteiger charge is 2.16. The molecule has 0 bridgehead atoms. The third-order valence-corrected chi connectivity index (χ3v) is 5.60. The summed E-state index contributed by atoms with van der Waals surface area (Å²) < 4.78 is 37.7. The van der Waals surface area contributed by atoms with E-state index in [1.165, 1.54) is 18.2 Å². The molecule has 7 nitrogen and oxygen atoms in total. The van der Waals surface area contributed by atoms with Gasteiger partial charge in [0.15, 0.2) is 6.61 Å². The molecule has 1 amide bonds. The summed E-state index contributed by atoms with van der Waals surface area (Å²) in [6.45, 7) is 4.52. The Labute approximate surface area is 176 Å². The molecule has 29 heavy (non-hydrogen) atoms. The summed E-state index contributed by atoms with van der Waals surface area (Å²) in [5, 5.41) is 2.81. The first kappa shape index (κ1) is 23.0. The van der Waals surface area contributed by atoms with Gasteiger partial charge >= 0.3 is 0 Å². The smallest absolute Gasteiger partial charge is 0.262 e. The highest BCUT2D eigenvalue weighted by Crippen LogP contribution is 2.27. The number of hydrogen-bond donors (Lipinski definition) is 2. The summed E-state index contributed by atoms with van der Waals surface area (Å²) in [6.07, 6.45) is 1.63. The van der Waals surface area contributed by atoms with Gasteiger partial charge in [0.1, 0.15) is 11.5 Å². The van der Waals surface area contributed by atoms with E-state index in [-0.39, 0.29) is 28.2 Å². The van der Waals surface area contributed by atoms with Gasteiger partial charge in [-0.05, 0) is 55.8 Å². The third-order valence-electron chi connectivity index (χ3n) is 3.84.